The third-order valence-corrected chi connectivity index (χ3v) is 9.59. The van der Waals surface area contributed by atoms with Crippen LogP contribution >= 0.6 is 0 Å². The van der Waals surface area contributed by atoms with Gasteiger partial charge in [0.15, 0.2) is 0 Å². The number of hydrogen-bond acceptors (Lipinski definition) is 4. The van der Waals surface area contributed by atoms with Gasteiger partial charge in [-0.25, -0.2) is 17.6 Å². The minimum absolute atomic E-state index is 0.0393. The van der Waals surface area contributed by atoms with Crippen molar-refractivity contribution in [2.75, 3.05) is 19.8 Å². The van der Waals surface area contributed by atoms with Gasteiger partial charge in [-0.1, -0.05) is 42.5 Å². The molecular weight excluding hydrogens is 459 g/mol. The van der Waals surface area contributed by atoms with E-state index < -0.39 is 32.6 Å². The van der Waals surface area contributed by atoms with Crippen LogP contribution in [0.3, 0.4) is 0 Å². The van der Waals surface area contributed by atoms with Crippen LogP contribution < -0.4 is 5.32 Å². The first kappa shape index (κ1) is 24.6. The number of halogens is 1. The summed E-state index contributed by atoms with van der Waals surface area (Å²) in [5.74, 6) is -0.483. The van der Waals surface area contributed by atoms with Crippen LogP contribution in [-0.2, 0) is 26.7 Å². The topological polar surface area (TPSA) is 95.9 Å². The van der Waals surface area contributed by atoms with E-state index in [0.29, 0.717) is 50.0 Å². The second-order valence-electron chi connectivity index (χ2n) is 9.27. The third kappa shape index (κ3) is 4.96. The fraction of sp³-hybridized carbons (Fsp3) is 0.480. The summed E-state index contributed by atoms with van der Waals surface area (Å²) < 4.78 is 49.2. The largest absolute Gasteiger partial charge is 0.465 e. The Labute approximate surface area is 200 Å². The van der Waals surface area contributed by atoms with E-state index in [9.17, 15) is 13.2 Å². The second-order valence-corrected chi connectivity index (χ2v) is 11.3. The van der Waals surface area contributed by atoms with Crippen LogP contribution in [0.15, 0.2) is 48.5 Å². The molecule has 0 bridgehead atoms. The molecule has 2 aliphatic rings. The Morgan fingerprint density at radius 2 is 1.88 bits per heavy atom. The van der Waals surface area contributed by atoms with Crippen LogP contribution in [0.5, 0.6) is 0 Å². The number of sulfonamides is 1. The van der Waals surface area contributed by atoms with Crippen molar-refractivity contribution in [3.05, 3.63) is 71.0 Å². The molecule has 2 saturated heterocycles. The summed E-state index contributed by atoms with van der Waals surface area (Å²) in [6, 6.07) is 13.8. The monoisotopic (exact) mass is 490 g/mol. The van der Waals surface area contributed by atoms with Gasteiger partial charge in [0.2, 0.25) is 10.0 Å². The molecule has 0 aromatic heterocycles. The lowest BCUT2D eigenvalue weighted by atomic mass is 9.74. The minimum Gasteiger partial charge on any atom is -0.465 e. The number of nitrogens with one attached hydrogen (secondary N) is 1. The van der Waals surface area contributed by atoms with Crippen molar-refractivity contribution >= 4 is 16.1 Å². The number of benzene rings is 2. The zero-order chi connectivity index (χ0) is 24.3. The molecule has 184 valence electrons. The van der Waals surface area contributed by atoms with Crippen molar-refractivity contribution in [2.24, 2.45) is 0 Å². The molecule has 0 spiro atoms. The van der Waals surface area contributed by atoms with Gasteiger partial charge < -0.3 is 15.2 Å². The Bertz CT molecular complexity index is 1120. The van der Waals surface area contributed by atoms with Gasteiger partial charge in [-0.3, -0.25) is 0 Å². The molecule has 0 radical (unpaired) electrons. The fourth-order valence-corrected chi connectivity index (χ4v) is 7.29. The standard InChI is InChI=1S/C25H31FN2O5S/c1-18-7-10-23(19-5-3-2-4-6-19)34(31,32)28(18)16-20-8-9-21(15-22(20)26)25(17-27-24(29)30)11-13-33-14-12-25/h2-6,8-9,15,18,23,27H,7,10-14,16-17H2,1H3,(H,29,30)/t18-,23+/m0/s1. The van der Waals surface area contributed by atoms with Crippen LogP contribution in [0.25, 0.3) is 0 Å². The summed E-state index contributed by atoms with van der Waals surface area (Å²) in [6.45, 7) is 2.92. The minimum atomic E-state index is -3.67. The number of rotatable bonds is 6. The third-order valence-electron chi connectivity index (χ3n) is 7.22. The van der Waals surface area contributed by atoms with E-state index in [4.69, 9.17) is 9.84 Å². The molecule has 4 rings (SSSR count). The summed E-state index contributed by atoms with van der Waals surface area (Å²) in [6.07, 6.45) is 1.25. The lowest BCUT2D eigenvalue weighted by Gasteiger charge is -2.38. The summed E-state index contributed by atoms with van der Waals surface area (Å²) >= 11 is 0. The molecule has 1 amide bonds. The summed E-state index contributed by atoms with van der Waals surface area (Å²) in [5, 5.41) is 10.9. The predicted molar refractivity (Wildman–Crippen MR) is 127 cm³/mol. The van der Waals surface area contributed by atoms with Gasteiger partial charge in [0.05, 0.1) is 0 Å². The molecule has 7 nitrogen and oxygen atoms in total. The SMILES string of the molecule is C[C@H]1CC[C@H](c2ccccc2)S(=O)(=O)N1Cc1ccc(C2(CNC(=O)O)CCOCC2)cc1F. The highest BCUT2D eigenvalue weighted by atomic mass is 32.2. The maximum Gasteiger partial charge on any atom is 0.404 e. The number of nitrogens with zero attached hydrogens (tertiary/aromatic N) is 1. The lowest BCUT2D eigenvalue weighted by Crippen LogP contribution is -2.45. The molecule has 0 aliphatic carbocycles. The smallest absolute Gasteiger partial charge is 0.404 e. The summed E-state index contributed by atoms with van der Waals surface area (Å²) in [5.41, 5.74) is 1.20. The first-order valence-electron chi connectivity index (χ1n) is 11.6. The number of carboxylic acid groups (broad SMARTS) is 1. The van der Waals surface area contributed by atoms with Crippen molar-refractivity contribution < 1.29 is 27.4 Å². The molecule has 2 aromatic carbocycles. The van der Waals surface area contributed by atoms with Gasteiger partial charge in [0.1, 0.15) is 11.1 Å². The van der Waals surface area contributed by atoms with E-state index in [1.54, 1.807) is 12.1 Å². The van der Waals surface area contributed by atoms with Crippen LogP contribution in [0, 0.1) is 5.82 Å². The first-order chi connectivity index (χ1) is 16.2. The van der Waals surface area contributed by atoms with E-state index in [-0.39, 0.29) is 19.1 Å². The molecule has 9 heteroatoms. The van der Waals surface area contributed by atoms with Crippen molar-refractivity contribution in [1.82, 2.24) is 9.62 Å². The number of ether oxygens (including phenoxy) is 1. The van der Waals surface area contributed by atoms with Crippen LogP contribution in [0.2, 0.25) is 0 Å². The molecule has 2 aromatic rings. The Kier molecular flexibility index (Phi) is 7.25. The highest BCUT2D eigenvalue weighted by molar-refractivity contribution is 7.89. The maximum atomic E-state index is 15.3. The van der Waals surface area contributed by atoms with E-state index in [0.717, 1.165) is 5.56 Å². The van der Waals surface area contributed by atoms with Crippen molar-refractivity contribution in [3.8, 4) is 0 Å². The molecule has 0 saturated carbocycles. The fourth-order valence-electron chi connectivity index (χ4n) is 5.10. The zero-order valence-electron chi connectivity index (χ0n) is 19.2. The number of amides is 1. The van der Waals surface area contributed by atoms with E-state index in [2.05, 4.69) is 5.32 Å². The first-order valence-corrected chi connectivity index (χ1v) is 13.1. The van der Waals surface area contributed by atoms with Crippen LogP contribution in [0.1, 0.15) is 54.5 Å². The molecule has 0 unspecified atom stereocenters. The highest BCUT2D eigenvalue weighted by Crippen LogP contribution is 2.39. The van der Waals surface area contributed by atoms with Gasteiger partial charge in [0.25, 0.3) is 0 Å². The van der Waals surface area contributed by atoms with Gasteiger partial charge in [0, 0.05) is 43.3 Å². The van der Waals surface area contributed by atoms with Crippen LogP contribution in [0.4, 0.5) is 9.18 Å². The molecule has 2 fully saturated rings. The van der Waals surface area contributed by atoms with Crippen molar-refractivity contribution in [3.63, 3.8) is 0 Å². The van der Waals surface area contributed by atoms with E-state index in [1.165, 1.54) is 10.4 Å². The Morgan fingerprint density at radius 1 is 1.18 bits per heavy atom. The molecule has 2 aliphatic heterocycles. The molecule has 2 heterocycles. The molecule has 34 heavy (non-hydrogen) atoms. The summed E-state index contributed by atoms with van der Waals surface area (Å²) in [4.78, 5) is 11.1. The molecular formula is C25H31FN2O5S. The Hall–Kier alpha value is -2.49. The normalized spacial score (nSPS) is 24.4. The van der Waals surface area contributed by atoms with Gasteiger partial charge in [-0.2, -0.15) is 4.31 Å². The van der Waals surface area contributed by atoms with Crippen molar-refractivity contribution in [1.29, 1.82) is 0 Å². The molecule has 2 N–H and O–H groups in total. The van der Waals surface area contributed by atoms with Gasteiger partial charge >= 0.3 is 6.09 Å². The zero-order valence-corrected chi connectivity index (χ0v) is 20.1. The number of carbonyl (C=O) groups is 1. The summed E-state index contributed by atoms with van der Waals surface area (Å²) in [7, 11) is -3.67. The molecule has 2 atom stereocenters. The average Bonchev–Trinajstić information content (AvgIpc) is 2.82. The van der Waals surface area contributed by atoms with Gasteiger partial charge in [-0.15, -0.1) is 0 Å². The second kappa shape index (κ2) is 10.0. The van der Waals surface area contributed by atoms with E-state index >= 15 is 4.39 Å². The predicted octanol–water partition coefficient (Wildman–Crippen LogP) is 4.20. The van der Waals surface area contributed by atoms with Crippen molar-refractivity contribution in [2.45, 2.75) is 55.9 Å². The lowest BCUT2D eigenvalue weighted by molar-refractivity contribution is 0.0497. The van der Waals surface area contributed by atoms with E-state index in [1.807, 2.05) is 37.3 Å². The quantitative estimate of drug-likeness (QED) is 0.633. The average molecular weight is 491 g/mol. The Balaban J connectivity index is 1.59. The van der Waals surface area contributed by atoms with Crippen LogP contribution in [-0.4, -0.2) is 49.7 Å². The number of hydrogen-bond donors (Lipinski definition) is 2. The Morgan fingerprint density at radius 3 is 2.53 bits per heavy atom. The maximum absolute atomic E-state index is 15.3. The van der Waals surface area contributed by atoms with Gasteiger partial charge in [-0.05, 0) is 49.8 Å². The highest BCUT2D eigenvalue weighted by Gasteiger charge is 2.41.